The molecule has 1 aromatic carbocycles. The largest absolute Gasteiger partial charge is 0.392 e. The Labute approximate surface area is 70.1 Å². The number of hydrogen-bond donors (Lipinski definition) is 2. The number of halogens is 1. The van der Waals surface area contributed by atoms with Crippen LogP contribution in [0.5, 0.6) is 0 Å². The first-order chi connectivity index (χ1) is 5.17. The van der Waals surface area contributed by atoms with Crippen LogP contribution in [0.15, 0.2) is 30.3 Å². The number of benzene rings is 1. The maximum Gasteiger partial charge on any atom is 0.187 e. The highest BCUT2D eigenvalue weighted by Gasteiger charge is 2.23. The van der Waals surface area contributed by atoms with Gasteiger partial charge in [-0.1, -0.05) is 41.9 Å². The molecule has 0 saturated carbocycles. The molecular formula is C8H9ClO2. The summed E-state index contributed by atoms with van der Waals surface area (Å²) in [5.74, 6) is 0. The molecule has 0 radical (unpaired) electrons. The maximum atomic E-state index is 9.31. The third kappa shape index (κ3) is 1.93. The van der Waals surface area contributed by atoms with Crippen LogP contribution in [0.4, 0.5) is 0 Å². The summed E-state index contributed by atoms with van der Waals surface area (Å²) in [4.78, 5) is 0. The minimum atomic E-state index is -1.64. The van der Waals surface area contributed by atoms with Gasteiger partial charge in [0.2, 0.25) is 0 Å². The molecule has 0 bridgehead atoms. The first-order valence-corrected chi connectivity index (χ1v) is 3.62. The first-order valence-electron chi connectivity index (χ1n) is 3.24. The second kappa shape index (κ2) is 3.22. The molecule has 60 valence electrons. The second-order valence-electron chi connectivity index (χ2n) is 2.28. The SMILES string of the molecule is OCC(O)(Cl)c1ccccc1. The van der Waals surface area contributed by atoms with Crippen molar-refractivity contribution in [2.75, 3.05) is 6.61 Å². The van der Waals surface area contributed by atoms with Gasteiger partial charge in [-0.2, -0.15) is 0 Å². The topological polar surface area (TPSA) is 40.5 Å². The normalized spacial score (nSPS) is 15.9. The van der Waals surface area contributed by atoms with Gasteiger partial charge in [-0.25, -0.2) is 0 Å². The molecule has 0 fully saturated rings. The molecule has 1 aromatic rings. The van der Waals surface area contributed by atoms with Crippen LogP contribution in [0, 0.1) is 0 Å². The Kier molecular flexibility index (Phi) is 2.49. The smallest absolute Gasteiger partial charge is 0.187 e. The van der Waals surface area contributed by atoms with E-state index < -0.39 is 11.7 Å². The average Bonchev–Trinajstić information content (AvgIpc) is 2.06. The van der Waals surface area contributed by atoms with Crippen molar-refractivity contribution in [2.45, 2.75) is 5.06 Å². The first kappa shape index (κ1) is 8.53. The van der Waals surface area contributed by atoms with E-state index in [1.54, 1.807) is 24.3 Å². The van der Waals surface area contributed by atoms with Gasteiger partial charge in [-0.05, 0) is 0 Å². The van der Waals surface area contributed by atoms with Crippen molar-refractivity contribution in [3.8, 4) is 0 Å². The lowest BCUT2D eigenvalue weighted by molar-refractivity contribution is 0.0558. The van der Waals surface area contributed by atoms with E-state index in [0.717, 1.165) is 0 Å². The van der Waals surface area contributed by atoms with Crippen molar-refractivity contribution < 1.29 is 10.2 Å². The van der Waals surface area contributed by atoms with Crippen LogP contribution in [0.2, 0.25) is 0 Å². The molecule has 0 spiro atoms. The molecule has 1 atom stereocenters. The summed E-state index contributed by atoms with van der Waals surface area (Å²) in [6.07, 6.45) is 0. The van der Waals surface area contributed by atoms with Gasteiger partial charge >= 0.3 is 0 Å². The van der Waals surface area contributed by atoms with Gasteiger partial charge in [0.1, 0.15) is 0 Å². The lowest BCUT2D eigenvalue weighted by Crippen LogP contribution is -2.22. The zero-order valence-electron chi connectivity index (χ0n) is 5.87. The van der Waals surface area contributed by atoms with Crippen LogP contribution in [-0.2, 0) is 5.06 Å². The molecule has 1 rings (SSSR count). The summed E-state index contributed by atoms with van der Waals surface area (Å²) in [6, 6.07) is 8.62. The fourth-order valence-electron chi connectivity index (χ4n) is 0.785. The highest BCUT2D eigenvalue weighted by atomic mass is 35.5. The van der Waals surface area contributed by atoms with Crippen molar-refractivity contribution in [2.24, 2.45) is 0 Å². The lowest BCUT2D eigenvalue weighted by atomic mass is 10.1. The van der Waals surface area contributed by atoms with Gasteiger partial charge in [0, 0.05) is 5.56 Å². The van der Waals surface area contributed by atoms with Gasteiger partial charge in [-0.15, -0.1) is 0 Å². The summed E-state index contributed by atoms with van der Waals surface area (Å²) < 4.78 is 0. The molecule has 2 N–H and O–H groups in total. The third-order valence-electron chi connectivity index (χ3n) is 1.43. The van der Waals surface area contributed by atoms with Crippen LogP contribution in [0.3, 0.4) is 0 Å². The van der Waals surface area contributed by atoms with Crippen molar-refractivity contribution in [3.63, 3.8) is 0 Å². The Morgan fingerprint density at radius 3 is 2.27 bits per heavy atom. The van der Waals surface area contributed by atoms with E-state index in [4.69, 9.17) is 16.7 Å². The van der Waals surface area contributed by atoms with Crippen LogP contribution in [-0.4, -0.2) is 16.8 Å². The van der Waals surface area contributed by atoms with Crippen LogP contribution in [0.1, 0.15) is 5.56 Å². The van der Waals surface area contributed by atoms with E-state index in [0.29, 0.717) is 5.56 Å². The lowest BCUT2D eigenvalue weighted by Gasteiger charge is -2.17. The average molecular weight is 173 g/mol. The molecule has 3 heteroatoms. The molecule has 0 aliphatic rings. The van der Waals surface area contributed by atoms with Crippen LogP contribution < -0.4 is 0 Å². The van der Waals surface area contributed by atoms with Crippen molar-refractivity contribution >= 4 is 11.6 Å². The number of aliphatic hydroxyl groups excluding tert-OH is 1. The van der Waals surface area contributed by atoms with Gasteiger partial charge in [0.05, 0.1) is 6.61 Å². The zero-order chi connectivity index (χ0) is 8.32. The van der Waals surface area contributed by atoms with Gasteiger partial charge in [-0.3, -0.25) is 0 Å². The Balaban J connectivity index is 2.93. The van der Waals surface area contributed by atoms with Crippen LogP contribution >= 0.6 is 11.6 Å². The quantitative estimate of drug-likeness (QED) is 0.655. The summed E-state index contributed by atoms with van der Waals surface area (Å²) in [5, 5.41) is 16.3. The number of alkyl halides is 1. The molecule has 2 nitrogen and oxygen atoms in total. The highest BCUT2D eigenvalue weighted by Crippen LogP contribution is 2.24. The Morgan fingerprint density at radius 1 is 1.27 bits per heavy atom. The number of hydrogen-bond acceptors (Lipinski definition) is 2. The van der Waals surface area contributed by atoms with E-state index in [-0.39, 0.29) is 0 Å². The molecule has 11 heavy (non-hydrogen) atoms. The van der Waals surface area contributed by atoms with Crippen molar-refractivity contribution in [3.05, 3.63) is 35.9 Å². The van der Waals surface area contributed by atoms with Gasteiger partial charge < -0.3 is 10.2 Å². The van der Waals surface area contributed by atoms with E-state index in [9.17, 15) is 5.11 Å². The molecule has 0 aliphatic heterocycles. The van der Waals surface area contributed by atoms with Gasteiger partial charge in [0.15, 0.2) is 5.06 Å². The highest BCUT2D eigenvalue weighted by molar-refractivity contribution is 6.22. The summed E-state index contributed by atoms with van der Waals surface area (Å²) in [5.41, 5.74) is 0.504. The fraction of sp³-hybridized carbons (Fsp3) is 0.250. The second-order valence-corrected chi connectivity index (χ2v) is 2.91. The zero-order valence-corrected chi connectivity index (χ0v) is 6.62. The third-order valence-corrected chi connectivity index (χ3v) is 1.76. The predicted octanol–water partition coefficient (Wildman–Crippen LogP) is 1.06. The molecule has 1 unspecified atom stereocenters. The number of rotatable bonds is 2. The summed E-state index contributed by atoms with van der Waals surface area (Å²) >= 11 is 5.55. The molecular weight excluding hydrogens is 164 g/mol. The van der Waals surface area contributed by atoms with E-state index >= 15 is 0 Å². The Bertz CT molecular complexity index is 221. The molecule has 0 amide bonds. The fourth-order valence-corrected chi connectivity index (χ4v) is 0.911. The molecule has 0 aromatic heterocycles. The maximum absolute atomic E-state index is 9.31. The monoisotopic (exact) mass is 172 g/mol. The van der Waals surface area contributed by atoms with E-state index in [2.05, 4.69) is 0 Å². The van der Waals surface area contributed by atoms with E-state index in [1.165, 1.54) is 0 Å². The predicted molar refractivity (Wildman–Crippen MR) is 43.3 cm³/mol. The minimum absolute atomic E-state index is 0.488. The standard InChI is InChI=1S/C8H9ClO2/c9-8(11,6-10)7-4-2-1-3-5-7/h1-5,10-11H,6H2. The van der Waals surface area contributed by atoms with Crippen molar-refractivity contribution in [1.82, 2.24) is 0 Å². The number of aliphatic hydroxyl groups is 2. The minimum Gasteiger partial charge on any atom is -0.392 e. The van der Waals surface area contributed by atoms with Crippen molar-refractivity contribution in [1.29, 1.82) is 0 Å². The van der Waals surface area contributed by atoms with Crippen LogP contribution in [0.25, 0.3) is 0 Å². The summed E-state index contributed by atoms with van der Waals surface area (Å²) in [7, 11) is 0. The Morgan fingerprint density at radius 2 is 1.82 bits per heavy atom. The Hall–Kier alpha value is -0.570. The molecule has 0 aliphatic carbocycles. The summed E-state index contributed by atoms with van der Waals surface area (Å²) in [6.45, 7) is -0.488. The molecule has 0 heterocycles. The van der Waals surface area contributed by atoms with E-state index in [1.807, 2.05) is 6.07 Å². The molecule has 0 saturated heterocycles. The van der Waals surface area contributed by atoms with Gasteiger partial charge in [0.25, 0.3) is 0 Å².